The average Bonchev–Trinajstić information content (AvgIpc) is 2.64. The van der Waals surface area contributed by atoms with Gasteiger partial charge in [0, 0.05) is 12.4 Å². The summed E-state index contributed by atoms with van der Waals surface area (Å²) in [6.07, 6.45) is 3.41. The van der Waals surface area contributed by atoms with Gasteiger partial charge in [-0.1, -0.05) is 43.2 Å². The van der Waals surface area contributed by atoms with Crippen molar-refractivity contribution in [2.45, 2.75) is 46.6 Å². The zero-order chi connectivity index (χ0) is 21.8. The largest absolute Gasteiger partial charge is 0.330 e. The van der Waals surface area contributed by atoms with Crippen LogP contribution in [0.5, 0.6) is 0 Å². The molecule has 3 rings (SSSR count). The summed E-state index contributed by atoms with van der Waals surface area (Å²) in [5.41, 5.74) is 3.18. The molecule has 0 aliphatic carbocycles. The van der Waals surface area contributed by atoms with Gasteiger partial charge in [-0.15, -0.1) is 0 Å². The topological polar surface area (TPSA) is 96.9 Å². The molecule has 7 heteroatoms. The Morgan fingerprint density at radius 1 is 1.07 bits per heavy atom. The van der Waals surface area contributed by atoms with Crippen molar-refractivity contribution in [1.29, 1.82) is 0 Å². The standard InChI is InChI=1S/C23H26N4O3/c1-14(2)20-21(25-19(28)12-18-10-15(3)9-16(4)11-18)27(23(30)26-22(20)29)13-17-5-7-24-8-6-17/h5-11,14H,12-13H2,1-4H3,(H,25,28)(H,26,29,30). The highest BCUT2D eigenvalue weighted by atomic mass is 16.2. The summed E-state index contributed by atoms with van der Waals surface area (Å²) in [5, 5.41) is 2.84. The van der Waals surface area contributed by atoms with E-state index >= 15 is 0 Å². The van der Waals surface area contributed by atoms with Crippen LogP contribution in [0.25, 0.3) is 0 Å². The number of benzene rings is 1. The predicted octanol–water partition coefficient (Wildman–Crippen LogP) is 2.90. The van der Waals surface area contributed by atoms with Crippen LogP contribution < -0.4 is 16.6 Å². The normalized spacial score (nSPS) is 11.0. The van der Waals surface area contributed by atoms with Gasteiger partial charge >= 0.3 is 5.69 Å². The number of pyridine rings is 1. The Morgan fingerprint density at radius 2 is 1.70 bits per heavy atom. The molecular formula is C23H26N4O3. The second kappa shape index (κ2) is 8.90. The number of nitrogens with zero attached hydrogens (tertiary/aromatic N) is 2. The number of H-pyrrole nitrogens is 1. The highest BCUT2D eigenvalue weighted by Crippen LogP contribution is 2.20. The van der Waals surface area contributed by atoms with E-state index in [0.717, 1.165) is 22.3 Å². The number of aromatic amines is 1. The summed E-state index contributed by atoms with van der Waals surface area (Å²) in [7, 11) is 0. The molecule has 0 radical (unpaired) electrons. The Bertz CT molecular complexity index is 1160. The number of anilines is 1. The fraction of sp³-hybridized carbons (Fsp3) is 0.304. The summed E-state index contributed by atoms with van der Waals surface area (Å²) in [6.45, 7) is 7.87. The van der Waals surface area contributed by atoms with Gasteiger partial charge in [-0.2, -0.15) is 0 Å². The van der Waals surface area contributed by atoms with Gasteiger partial charge in [-0.25, -0.2) is 4.79 Å². The predicted molar refractivity (Wildman–Crippen MR) is 117 cm³/mol. The third-order valence-corrected chi connectivity index (χ3v) is 4.81. The molecule has 2 heterocycles. The molecule has 2 N–H and O–H groups in total. The van der Waals surface area contributed by atoms with E-state index in [2.05, 4.69) is 15.3 Å². The Morgan fingerprint density at radius 3 is 2.30 bits per heavy atom. The van der Waals surface area contributed by atoms with Gasteiger partial charge in [-0.3, -0.25) is 24.1 Å². The molecule has 0 saturated carbocycles. The molecule has 0 saturated heterocycles. The Kier molecular flexibility index (Phi) is 6.30. The number of aromatic nitrogens is 3. The number of rotatable bonds is 6. The second-order valence-electron chi connectivity index (χ2n) is 7.84. The number of amides is 1. The molecule has 2 aromatic heterocycles. The molecule has 0 aliphatic rings. The molecule has 30 heavy (non-hydrogen) atoms. The van der Waals surface area contributed by atoms with Crippen LogP contribution in [-0.2, 0) is 17.8 Å². The Hall–Kier alpha value is -3.48. The number of carbonyl (C=O) groups is 1. The van der Waals surface area contributed by atoms with Crippen molar-refractivity contribution in [2.75, 3.05) is 5.32 Å². The fourth-order valence-electron chi connectivity index (χ4n) is 3.61. The zero-order valence-electron chi connectivity index (χ0n) is 17.7. The lowest BCUT2D eigenvalue weighted by Crippen LogP contribution is -2.36. The van der Waals surface area contributed by atoms with Crippen LogP contribution in [0.15, 0.2) is 52.3 Å². The van der Waals surface area contributed by atoms with Gasteiger partial charge in [0.05, 0.1) is 18.5 Å². The number of aryl methyl sites for hydroxylation is 2. The van der Waals surface area contributed by atoms with Crippen LogP contribution in [0, 0.1) is 13.8 Å². The maximum absolute atomic E-state index is 12.9. The van der Waals surface area contributed by atoms with Crippen molar-refractivity contribution in [3.8, 4) is 0 Å². The van der Waals surface area contributed by atoms with Gasteiger partial charge in [0.2, 0.25) is 5.91 Å². The molecule has 0 bridgehead atoms. The fourth-order valence-corrected chi connectivity index (χ4v) is 3.61. The molecule has 0 unspecified atom stereocenters. The van der Waals surface area contributed by atoms with Crippen LogP contribution in [0.4, 0.5) is 5.82 Å². The molecule has 156 valence electrons. The van der Waals surface area contributed by atoms with E-state index in [9.17, 15) is 14.4 Å². The minimum Gasteiger partial charge on any atom is -0.311 e. The Labute approximate surface area is 174 Å². The zero-order valence-corrected chi connectivity index (χ0v) is 17.7. The molecule has 0 fully saturated rings. The lowest BCUT2D eigenvalue weighted by molar-refractivity contribution is -0.115. The molecule has 0 spiro atoms. The van der Waals surface area contributed by atoms with Gasteiger partial charge in [-0.05, 0) is 43.0 Å². The monoisotopic (exact) mass is 406 g/mol. The van der Waals surface area contributed by atoms with Crippen molar-refractivity contribution in [3.05, 3.63) is 91.4 Å². The molecule has 1 aromatic carbocycles. The molecule has 3 aromatic rings. The lowest BCUT2D eigenvalue weighted by Gasteiger charge is -2.19. The number of carbonyl (C=O) groups excluding carboxylic acids is 1. The van der Waals surface area contributed by atoms with Gasteiger partial charge < -0.3 is 5.32 Å². The summed E-state index contributed by atoms with van der Waals surface area (Å²) >= 11 is 0. The summed E-state index contributed by atoms with van der Waals surface area (Å²) < 4.78 is 1.39. The van der Waals surface area contributed by atoms with E-state index in [4.69, 9.17) is 0 Å². The molecule has 1 amide bonds. The Balaban J connectivity index is 2.01. The van der Waals surface area contributed by atoms with Gasteiger partial charge in [0.1, 0.15) is 5.82 Å². The summed E-state index contributed by atoms with van der Waals surface area (Å²) in [6, 6.07) is 9.53. The first kappa shape index (κ1) is 21.2. The third-order valence-electron chi connectivity index (χ3n) is 4.81. The molecule has 0 atom stereocenters. The molecule has 7 nitrogen and oxygen atoms in total. The van der Waals surface area contributed by atoms with Crippen molar-refractivity contribution in [2.24, 2.45) is 0 Å². The van der Waals surface area contributed by atoms with Crippen LogP contribution in [-0.4, -0.2) is 20.4 Å². The minimum atomic E-state index is -0.567. The van der Waals surface area contributed by atoms with E-state index in [1.54, 1.807) is 24.5 Å². The van der Waals surface area contributed by atoms with E-state index in [1.807, 2.05) is 45.9 Å². The second-order valence-corrected chi connectivity index (χ2v) is 7.84. The summed E-state index contributed by atoms with van der Waals surface area (Å²) in [5.74, 6) is -0.227. The highest BCUT2D eigenvalue weighted by Gasteiger charge is 2.20. The summed E-state index contributed by atoms with van der Waals surface area (Å²) in [4.78, 5) is 44.3. The molecule has 0 aliphatic heterocycles. The van der Waals surface area contributed by atoms with Crippen LogP contribution >= 0.6 is 0 Å². The lowest BCUT2D eigenvalue weighted by atomic mass is 10.0. The number of hydrogen-bond donors (Lipinski definition) is 2. The third kappa shape index (κ3) is 4.92. The van der Waals surface area contributed by atoms with Crippen molar-refractivity contribution in [3.63, 3.8) is 0 Å². The average molecular weight is 406 g/mol. The first-order valence-electron chi connectivity index (χ1n) is 9.87. The maximum Gasteiger partial charge on any atom is 0.330 e. The van der Waals surface area contributed by atoms with E-state index in [0.29, 0.717) is 5.56 Å². The highest BCUT2D eigenvalue weighted by molar-refractivity contribution is 5.92. The maximum atomic E-state index is 12.9. The van der Waals surface area contributed by atoms with Gasteiger partial charge in [0.15, 0.2) is 0 Å². The van der Waals surface area contributed by atoms with Crippen LogP contribution in [0.1, 0.15) is 47.6 Å². The first-order chi connectivity index (χ1) is 14.2. The van der Waals surface area contributed by atoms with Crippen molar-refractivity contribution < 1.29 is 4.79 Å². The smallest absolute Gasteiger partial charge is 0.311 e. The number of hydrogen-bond acceptors (Lipinski definition) is 4. The quantitative estimate of drug-likeness (QED) is 0.658. The van der Waals surface area contributed by atoms with Gasteiger partial charge in [0.25, 0.3) is 5.56 Å². The minimum absolute atomic E-state index is 0.149. The van der Waals surface area contributed by atoms with E-state index < -0.39 is 11.2 Å². The van der Waals surface area contributed by atoms with E-state index in [1.165, 1.54) is 4.57 Å². The van der Waals surface area contributed by atoms with Crippen molar-refractivity contribution in [1.82, 2.24) is 14.5 Å². The van der Waals surface area contributed by atoms with E-state index in [-0.39, 0.29) is 30.6 Å². The molecular weight excluding hydrogens is 380 g/mol. The SMILES string of the molecule is Cc1cc(C)cc(CC(=O)Nc2c(C(C)C)c(=O)[nH]c(=O)n2Cc2ccncc2)c1. The van der Waals surface area contributed by atoms with Crippen LogP contribution in [0.3, 0.4) is 0 Å². The van der Waals surface area contributed by atoms with Crippen molar-refractivity contribution >= 4 is 11.7 Å². The van der Waals surface area contributed by atoms with Crippen LogP contribution in [0.2, 0.25) is 0 Å². The first-order valence-corrected chi connectivity index (χ1v) is 9.87. The number of nitrogens with one attached hydrogen (secondary N) is 2.